The van der Waals surface area contributed by atoms with Crippen LogP contribution in [0.1, 0.15) is 45.0 Å². The number of hydrogen-bond acceptors (Lipinski definition) is 7. The van der Waals surface area contributed by atoms with Crippen molar-refractivity contribution in [3.8, 4) is 0 Å². The molecule has 1 aliphatic heterocycles. The molecule has 2 amide bonds. The molecule has 2 aromatic carbocycles. The van der Waals surface area contributed by atoms with Gasteiger partial charge in [0.05, 0.1) is 17.8 Å². The van der Waals surface area contributed by atoms with Crippen molar-refractivity contribution in [1.29, 1.82) is 0 Å². The number of nitrogens with one attached hydrogen (secondary N) is 1. The Kier molecular flexibility index (Phi) is 6.76. The number of amides is 2. The van der Waals surface area contributed by atoms with Gasteiger partial charge in [-0.2, -0.15) is 23.2 Å². The average Bonchev–Trinajstić information content (AvgIpc) is 2.81. The molecular formula is C25H24F3N3O6. The van der Waals surface area contributed by atoms with Gasteiger partial charge in [-0.25, -0.2) is 14.4 Å². The lowest BCUT2D eigenvalue weighted by Crippen LogP contribution is -2.57. The molecular weight excluding hydrogens is 495 g/mol. The van der Waals surface area contributed by atoms with Crippen LogP contribution in [-0.4, -0.2) is 29.4 Å². The lowest BCUT2D eigenvalue weighted by Gasteiger charge is -2.44. The third-order valence-electron chi connectivity index (χ3n) is 5.33. The molecule has 0 fully saturated rings. The summed E-state index contributed by atoms with van der Waals surface area (Å²) in [5, 5.41) is 4.90. The van der Waals surface area contributed by atoms with Crippen molar-refractivity contribution in [2.24, 2.45) is 0 Å². The van der Waals surface area contributed by atoms with Crippen molar-refractivity contribution in [1.82, 2.24) is 5.01 Å². The van der Waals surface area contributed by atoms with Gasteiger partial charge in [0.25, 0.3) is 0 Å². The number of fused-ring (bicyclic) bond motifs is 3. The first-order valence-electron chi connectivity index (χ1n) is 11.4. The van der Waals surface area contributed by atoms with Crippen LogP contribution in [-0.2, 0) is 15.7 Å². The van der Waals surface area contributed by atoms with Gasteiger partial charge >= 0.3 is 24.0 Å². The highest BCUT2D eigenvalue weighted by atomic mass is 19.4. The van der Waals surface area contributed by atoms with E-state index in [-0.39, 0.29) is 22.5 Å². The van der Waals surface area contributed by atoms with Crippen molar-refractivity contribution in [2.45, 2.75) is 52.2 Å². The number of halogens is 3. The summed E-state index contributed by atoms with van der Waals surface area (Å²) in [5.74, 6) is 0. The lowest BCUT2D eigenvalue weighted by molar-refractivity contribution is -0.137. The van der Waals surface area contributed by atoms with Crippen LogP contribution in [0, 0.1) is 0 Å². The smallest absolute Gasteiger partial charge is 0.434 e. The lowest BCUT2D eigenvalue weighted by atomic mass is 10.1. The van der Waals surface area contributed by atoms with Crippen LogP contribution in [0.3, 0.4) is 0 Å². The Bertz CT molecular complexity index is 1390. The van der Waals surface area contributed by atoms with Gasteiger partial charge in [0.2, 0.25) is 0 Å². The van der Waals surface area contributed by atoms with E-state index in [9.17, 15) is 27.6 Å². The molecule has 0 saturated heterocycles. The minimum absolute atomic E-state index is 0.0265. The van der Waals surface area contributed by atoms with E-state index in [1.54, 1.807) is 45.9 Å². The number of benzene rings is 2. The Morgan fingerprint density at radius 2 is 1.54 bits per heavy atom. The first-order chi connectivity index (χ1) is 17.4. The fourth-order valence-electron chi connectivity index (χ4n) is 3.85. The number of hydrogen-bond donors (Lipinski definition) is 1. The van der Waals surface area contributed by atoms with E-state index >= 15 is 0 Å². The monoisotopic (exact) mass is 519 g/mol. The van der Waals surface area contributed by atoms with Gasteiger partial charge < -0.3 is 19.2 Å². The molecule has 0 aliphatic carbocycles. The van der Waals surface area contributed by atoms with E-state index in [4.69, 9.17) is 13.9 Å². The zero-order chi connectivity index (χ0) is 27.1. The highest BCUT2D eigenvalue weighted by Crippen LogP contribution is 2.42. The number of anilines is 2. The molecule has 3 aromatic rings. The fourth-order valence-corrected chi connectivity index (χ4v) is 3.85. The van der Waals surface area contributed by atoms with Gasteiger partial charge in [0, 0.05) is 5.39 Å². The van der Waals surface area contributed by atoms with Crippen molar-refractivity contribution in [3.05, 3.63) is 70.1 Å². The molecule has 196 valence electrons. The molecule has 0 bridgehead atoms. The summed E-state index contributed by atoms with van der Waals surface area (Å²) in [6, 6.07) is 10.3. The summed E-state index contributed by atoms with van der Waals surface area (Å²) in [5.41, 5.74) is -1.70. The van der Waals surface area contributed by atoms with Crippen LogP contribution < -0.4 is 16.0 Å². The molecule has 1 atom stereocenters. The molecule has 0 radical (unpaired) electrons. The molecule has 4 rings (SSSR count). The van der Waals surface area contributed by atoms with Gasteiger partial charge in [0.15, 0.2) is 6.17 Å². The zero-order valence-electron chi connectivity index (χ0n) is 20.3. The molecule has 9 nitrogen and oxygen atoms in total. The van der Waals surface area contributed by atoms with Gasteiger partial charge in [-0.3, -0.25) is 0 Å². The van der Waals surface area contributed by atoms with Crippen LogP contribution in [0.5, 0.6) is 0 Å². The number of ether oxygens (including phenoxy) is 2. The minimum Gasteiger partial charge on any atom is -0.445 e. The Labute approximate surface area is 209 Å². The molecule has 1 N–H and O–H groups in total. The van der Waals surface area contributed by atoms with E-state index in [0.29, 0.717) is 5.39 Å². The number of para-hydroxylation sites is 1. The summed E-state index contributed by atoms with van der Waals surface area (Å²) < 4.78 is 55.7. The number of carbonyl (C=O) groups excluding carboxylic acids is 2. The normalized spacial score (nSPS) is 15.5. The number of alkyl halides is 3. The third-order valence-corrected chi connectivity index (χ3v) is 5.33. The van der Waals surface area contributed by atoms with E-state index < -0.39 is 47.9 Å². The van der Waals surface area contributed by atoms with E-state index in [2.05, 4.69) is 5.32 Å². The number of carbonyl (C=O) groups is 2. The first-order valence-corrected chi connectivity index (χ1v) is 11.4. The van der Waals surface area contributed by atoms with Crippen LogP contribution in [0.25, 0.3) is 11.0 Å². The molecule has 2 heterocycles. The summed E-state index contributed by atoms with van der Waals surface area (Å²) in [4.78, 5) is 39.8. The maximum atomic E-state index is 13.4. The highest BCUT2D eigenvalue weighted by molar-refractivity contribution is 6.06. The van der Waals surface area contributed by atoms with E-state index in [0.717, 1.165) is 34.3 Å². The zero-order valence-corrected chi connectivity index (χ0v) is 20.3. The van der Waals surface area contributed by atoms with Gasteiger partial charge in [0.1, 0.15) is 17.0 Å². The summed E-state index contributed by atoms with van der Waals surface area (Å²) in [7, 11) is 0. The summed E-state index contributed by atoms with van der Waals surface area (Å²) >= 11 is 0. The first kappa shape index (κ1) is 25.9. The topological polar surface area (TPSA) is 101 Å². The van der Waals surface area contributed by atoms with Crippen molar-refractivity contribution >= 4 is 34.5 Å². The van der Waals surface area contributed by atoms with E-state index in [1.165, 1.54) is 6.07 Å². The van der Waals surface area contributed by atoms with Crippen LogP contribution >= 0.6 is 0 Å². The van der Waals surface area contributed by atoms with E-state index in [1.807, 2.05) is 0 Å². The Morgan fingerprint density at radius 3 is 2.14 bits per heavy atom. The second-order valence-electron chi connectivity index (χ2n) is 8.80. The standard InChI is InChI=1S/C25H24F3N3O6/c1-13(2)35-23(33)30-20-17-7-5-6-8-18(17)37-22(32)19(20)29-21(31(30)24(34)36-14(3)4)15-9-11-16(12-10-15)25(26,27)28/h5-14,21,29H,1-4H3/t21-/m0/s1. The number of nitrogens with zero attached hydrogens (tertiary/aromatic N) is 2. The molecule has 37 heavy (non-hydrogen) atoms. The highest BCUT2D eigenvalue weighted by Gasteiger charge is 2.45. The predicted octanol–water partition coefficient (Wildman–Crippen LogP) is 6.05. The summed E-state index contributed by atoms with van der Waals surface area (Å²) in [6.45, 7) is 6.39. The molecule has 1 aliphatic rings. The molecule has 0 unspecified atom stereocenters. The maximum Gasteiger partial charge on any atom is 0.434 e. The van der Waals surface area contributed by atoms with Crippen LogP contribution in [0.2, 0.25) is 0 Å². The fraction of sp³-hybridized carbons (Fsp3) is 0.320. The van der Waals surface area contributed by atoms with Crippen molar-refractivity contribution in [3.63, 3.8) is 0 Å². The molecule has 1 aromatic heterocycles. The van der Waals surface area contributed by atoms with Crippen molar-refractivity contribution in [2.75, 3.05) is 10.3 Å². The van der Waals surface area contributed by atoms with Crippen LogP contribution in [0.15, 0.2) is 57.7 Å². The number of rotatable bonds is 3. The number of hydrazine groups is 1. The van der Waals surface area contributed by atoms with Crippen molar-refractivity contribution < 1.29 is 36.7 Å². The average molecular weight is 519 g/mol. The largest absolute Gasteiger partial charge is 0.445 e. The minimum atomic E-state index is -4.59. The Morgan fingerprint density at radius 1 is 0.946 bits per heavy atom. The van der Waals surface area contributed by atoms with Gasteiger partial charge in [-0.1, -0.05) is 24.3 Å². The van der Waals surface area contributed by atoms with Gasteiger partial charge in [-0.05, 0) is 57.5 Å². The molecule has 0 spiro atoms. The predicted molar refractivity (Wildman–Crippen MR) is 128 cm³/mol. The second-order valence-corrected chi connectivity index (χ2v) is 8.80. The maximum absolute atomic E-state index is 13.4. The summed E-state index contributed by atoms with van der Waals surface area (Å²) in [6.07, 6.45) is -9.14. The Balaban J connectivity index is 1.98. The van der Waals surface area contributed by atoms with Crippen LogP contribution in [0.4, 0.5) is 34.1 Å². The Hall–Kier alpha value is -4.22. The quantitative estimate of drug-likeness (QED) is 0.421. The second kappa shape index (κ2) is 9.68. The third kappa shape index (κ3) is 5.04. The van der Waals surface area contributed by atoms with Gasteiger partial charge in [-0.15, -0.1) is 0 Å². The SMILES string of the molecule is CC(C)OC(=O)N1c2c(c(=O)oc3ccccc23)N[C@H](c2ccc(C(F)(F)F)cc2)N1C(=O)OC(C)C. The molecule has 0 saturated carbocycles. The molecule has 12 heteroatoms.